The summed E-state index contributed by atoms with van der Waals surface area (Å²) in [6.07, 6.45) is -2.84. The molecule has 0 saturated carbocycles. The fourth-order valence-electron chi connectivity index (χ4n) is 3.83. The number of benzene rings is 3. The zero-order valence-corrected chi connectivity index (χ0v) is 18.3. The van der Waals surface area contributed by atoms with Crippen LogP contribution >= 0.6 is 22.6 Å². The zero-order valence-electron chi connectivity index (χ0n) is 16.2. The van der Waals surface area contributed by atoms with Crippen LogP contribution in [-0.4, -0.2) is 35.6 Å². The molecule has 4 rings (SSSR count). The highest BCUT2D eigenvalue weighted by atomic mass is 127. The van der Waals surface area contributed by atoms with Crippen molar-refractivity contribution in [3.05, 3.63) is 93.1 Å². The summed E-state index contributed by atoms with van der Waals surface area (Å²) in [5.74, 6) is -0.0227. The molecule has 2 unspecified atom stereocenters. The summed E-state index contributed by atoms with van der Waals surface area (Å²) in [5.41, 5.74) is 5.20. The summed E-state index contributed by atoms with van der Waals surface area (Å²) in [5, 5.41) is 23.0. The number of ether oxygens (including phenoxy) is 1. The highest BCUT2D eigenvalue weighted by Gasteiger charge is 2.29. The Balaban J connectivity index is 1.33. The highest BCUT2D eigenvalue weighted by molar-refractivity contribution is 14.1. The van der Waals surface area contributed by atoms with Crippen LogP contribution in [0.3, 0.4) is 0 Å². The lowest BCUT2D eigenvalue weighted by Crippen LogP contribution is -2.36. The quantitative estimate of drug-likeness (QED) is 0.430. The zero-order chi connectivity index (χ0) is 21.1. The second kappa shape index (κ2) is 9.16. The van der Waals surface area contributed by atoms with Crippen LogP contribution in [0.25, 0.3) is 11.1 Å². The SMILES string of the molecule is O=C(NCC(O)C(O)c1ccc(I)cc1)OCC1c2ccccc2-c2ccccc21. The van der Waals surface area contributed by atoms with Crippen molar-refractivity contribution in [3.8, 4) is 11.1 Å². The summed E-state index contributed by atoms with van der Waals surface area (Å²) < 4.78 is 6.48. The number of hydrogen-bond donors (Lipinski definition) is 3. The molecule has 154 valence electrons. The fourth-order valence-corrected chi connectivity index (χ4v) is 4.19. The number of hydrogen-bond acceptors (Lipinski definition) is 4. The van der Waals surface area contributed by atoms with E-state index < -0.39 is 18.3 Å². The number of aliphatic hydroxyl groups excluding tert-OH is 2. The van der Waals surface area contributed by atoms with E-state index in [4.69, 9.17) is 4.74 Å². The van der Waals surface area contributed by atoms with Crippen LogP contribution in [0.5, 0.6) is 0 Å². The number of amides is 1. The first-order valence-electron chi connectivity index (χ1n) is 9.75. The molecule has 0 bridgehead atoms. The van der Waals surface area contributed by atoms with Crippen LogP contribution in [0.4, 0.5) is 4.79 Å². The maximum absolute atomic E-state index is 12.2. The lowest BCUT2D eigenvalue weighted by molar-refractivity contribution is 0.0185. The van der Waals surface area contributed by atoms with E-state index >= 15 is 0 Å². The summed E-state index contributed by atoms with van der Waals surface area (Å²) in [6, 6.07) is 23.5. The van der Waals surface area contributed by atoms with Crippen molar-refractivity contribution in [1.82, 2.24) is 5.32 Å². The molecule has 3 aromatic carbocycles. The van der Waals surface area contributed by atoms with E-state index in [0.29, 0.717) is 5.56 Å². The minimum Gasteiger partial charge on any atom is -0.449 e. The number of carbonyl (C=O) groups is 1. The molecule has 0 aliphatic heterocycles. The second-order valence-corrected chi connectivity index (χ2v) is 8.52. The number of rotatable bonds is 6. The molecule has 0 fully saturated rings. The molecule has 0 radical (unpaired) electrons. The summed E-state index contributed by atoms with van der Waals surface area (Å²) >= 11 is 2.17. The lowest BCUT2D eigenvalue weighted by atomic mass is 9.98. The third-order valence-corrected chi connectivity index (χ3v) is 6.09. The number of alkyl carbamates (subject to hydrolysis) is 1. The normalized spacial score (nSPS) is 14.5. The summed E-state index contributed by atoms with van der Waals surface area (Å²) in [4.78, 5) is 12.2. The summed E-state index contributed by atoms with van der Waals surface area (Å²) in [6.45, 7) is 0.0967. The lowest BCUT2D eigenvalue weighted by Gasteiger charge is -2.19. The minimum atomic E-state index is -1.13. The number of carbonyl (C=O) groups excluding carboxylic acids is 1. The van der Waals surface area contributed by atoms with Crippen LogP contribution in [0, 0.1) is 3.57 Å². The average molecular weight is 515 g/mol. The van der Waals surface area contributed by atoms with Crippen molar-refractivity contribution >= 4 is 28.7 Å². The van der Waals surface area contributed by atoms with Crippen LogP contribution < -0.4 is 5.32 Å². The van der Waals surface area contributed by atoms with Gasteiger partial charge in [-0.05, 0) is 62.5 Å². The molecule has 0 saturated heterocycles. The summed E-state index contributed by atoms with van der Waals surface area (Å²) in [7, 11) is 0. The fraction of sp³-hybridized carbons (Fsp3) is 0.208. The Morgan fingerprint density at radius 2 is 1.50 bits per heavy atom. The number of aliphatic hydroxyl groups is 2. The average Bonchev–Trinajstić information content (AvgIpc) is 3.10. The Hall–Kier alpha value is -2.42. The van der Waals surface area contributed by atoms with E-state index in [9.17, 15) is 15.0 Å². The molecule has 1 amide bonds. The Bertz CT molecular complexity index is 992. The third-order valence-electron chi connectivity index (χ3n) is 5.38. The maximum Gasteiger partial charge on any atom is 0.407 e. The van der Waals surface area contributed by atoms with Gasteiger partial charge in [-0.2, -0.15) is 0 Å². The van der Waals surface area contributed by atoms with Crippen molar-refractivity contribution in [2.45, 2.75) is 18.1 Å². The molecule has 6 heteroatoms. The van der Waals surface area contributed by atoms with E-state index in [-0.39, 0.29) is 19.1 Å². The van der Waals surface area contributed by atoms with Gasteiger partial charge in [0.1, 0.15) is 18.8 Å². The first kappa shape index (κ1) is 20.8. The molecular formula is C24H22INO4. The molecule has 0 aromatic heterocycles. The topological polar surface area (TPSA) is 78.8 Å². The van der Waals surface area contributed by atoms with Gasteiger partial charge >= 0.3 is 6.09 Å². The van der Waals surface area contributed by atoms with Crippen LogP contribution in [0.1, 0.15) is 28.7 Å². The van der Waals surface area contributed by atoms with Gasteiger partial charge in [-0.3, -0.25) is 0 Å². The van der Waals surface area contributed by atoms with Crippen LogP contribution in [0.2, 0.25) is 0 Å². The number of fused-ring (bicyclic) bond motifs is 3. The Labute approximate surface area is 188 Å². The van der Waals surface area contributed by atoms with Crippen LogP contribution in [-0.2, 0) is 4.74 Å². The molecule has 1 aliphatic carbocycles. The minimum absolute atomic E-state index is 0.0227. The van der Waals surface area contributed by atoms with Crippen molar-refractivity contribution in [2.24, 2.45) is 0 Å². The van der Waals surface area contributed by atoms with Gasteiger partial charge in [-0.1, -0.05) is 60.7 Å². The molecular weight excluding hydrogens is 493 g/mol. The standard InChI is InChI=1S/C24H22INO4/c25-16-11-9-15(10-12-16)23(28)22(27)13-26-24(29)30-14-21-19-7-3-1-5-17(19)18-6-2-4-8-20(18)21/h1-12,21-23,27-28H,13-14H2,(H,26,29). The van der Waals surface area contributed by atoms with Gasteiger partial charge in [0.15, 0.2) is 0 Å². The molecule has 3 N–H and O–H groups in total. The first-order valence-corrected chi connectivity index (χ1v) is 10.8. The molecule has 0 spiro atoms. The van der Waals surface area contributed by atoms with E-state index in [2.05, 4.69) is 52.2 Å². The van der Waals surface area contributed by atoms with Gasteiger partial charge in [-0.15, -0.1) is 0 Å². The molecule has 1 aliphatic rings. The largest absolute Gasteiger partial charge is 0.449 e. The van der Waals surface area contributed by atoms with Gasteiger partial charge in [-0.25, -0.2) is 4.79 Å². The van der Waals surface area contributed by atoms with Gasteiger partial charge < -0.3 is 20.3 Å². The van der Waals surface area contributed by atoms with Crippen molar-refractivity contribution in [1.29, 1.82) is 0 Å². The third kappa shape index (κ3) is 4.35. The van der Waals surface area contributed by atoms with Crippen LogP contribution in [0.15, 0.2) is 72.8 Å². The Kier molecular flexibility index (Phi) is 6.36. The predicted octanol–water partition coefficient (Wildman–Crippen LogP) is 4.22. The Morgan fingerprint density at radius 3 is 2.10 bits per heavy atom. The molecule has 3 aromatic rings. The molecule has 5 nitrogen and oxygen atoms in total. The molecule has 30 heavy (non-hydrogen) atoms. The maximum atomic E-state index is 12.2. The number of nitrogens with one attached hydrogen (secondary N) is 1. The van der Waals surface area contributed by atoms with Crippen molar-refractivity contribution < 1.29 is 19.7 Å². The van der Waals surface area contributed by atoms with Crippen molar-refractivity contribution in [2.75, 3.05) is 13.2 Å². The van der Waals surface area contributed by atoms with E-state index in [0.717, 1.165) is 25.8 Å². The van der Waals surface area contributed by atoms with E-state index in [1.165, 1.54) is 0 Å². The van der Waals surface area contributed by atoms with E-state index in [1.807, 2.05) is 36.4 Å². The Morgan fingerprint density at radius 1 is 0.933 bits per heavy atom. The first-order chi connectivity index (χ1) is 14.5. The smallest absolute Gasteiger partial charge is 0.407 e. The van der Waals surface area contributed by atoms with Gasteiger partial charge in [0.25, 0.3) is 0 Å². The second-order valence-electron chi connectivity index (χ2n) is 7.27. The number of halogens is 1. The highest BCUT2D eigenvalue weighted by Crippen LogP contribution is 2.44. The van der Waals surface area contributed by atoms with Crippen molar-refractivity contribution in [3.63, 3.8) is 0 Å². The van der Waals surface area contributed by atoms with E-state index in [1.54, 1.807) is 12.1 Å². The molecule has 0 heterocycles. The predicted molar refractivity (Wildman–Crippen MR) is 123 cm³/mol. The van der Waals surface area contributed by atoms with Gasteiger partial charge in [0, 0.05) is 16.0 Å². The van der Waals surface area contributed by atoms with Gasteiger partial charge in [0.05, 0.1) is 0 Å². The van der Waals surface area contributed by atoms with Gasteiger partial charge in [0.2, 0.25) is 0 Å². The molecule has 2 atom stereocenters. The monoisotopic (exact) mass is 515 g/mol.